The van der Waals surface area contributed by atoms with Crippen molar-refractivity contribution in [3.05, 3.63) is 29.1 Å². The first-order chi connectivity index (χ1) is 10.1. The molecule has 6 heteroatoms. The van der Waals surface area contributed by atoms with Crippen LogP contribution in [0.15, 0.2) is 12.1 Å². The summed E-state index contributed by atoms with van der Waals surface area (Å²) in [4.78, 5) is 16.0. The molecule has 120 valence electrons. The van der Waals surface area contributed by atoms with Gasteiger partial charge in [0.05, 0.1) is 24.5 Å². The molecule has 0 unspecified atom stereocenters. The molecule has 0 bridgehead atoms. The first kappa shape index (κ1) is 18.3. The van der Waals surface area contributed by atoms with Crippen molar-refractivity contribution in [3.63, 3.8) is 0 Å². The summed E-state index contributed by atoms with van der Waals surface area (Å²) in [5, 5.41) is 9.15. The Morgan fingerprint density at radius 1 is 1.36 bits per heavy atom. The minimum absolute atomic E-state index is 0.0871. The molecule has 0 aliphatic rings. The van der Waals surface area contributed by atoms with Crippen molar-refractivity contribution in [2.24, 2.45) is 0 Å². The van der Waals surface area contributed by atoms with E-state index in [1.807, 2.05) is 6.07 Å². The Labute approximate surface area is 133 Å². The van der Waals surface area contributed by atoms with E-state index >= 15 is 0 Å². The largest absolute Gasteiger partial charge is 0.462 e. The van der Waals surface area contributed by atoms with Crippen LogP contribution < -0.4 is 0 Å². The van der Waals surface area contributed by atoms with E-state index in [9.17, 15) is 4.79 Å². The number of nitriles is 1. The van der Waals surface area contributed by atoms with Crippen LogP contribution in [0.2, 0.25) is 18.1 Å². The van der Waals surface area contributed by atoms with Crippen LogP contribution in [0.1, 0.15) is 49.4 Å². The van der Waals surface area contributed by atoms with Crippen LogP contribution in [0.4, 0.5) is 0 Å². The first-order valence-electron chi connectivity index (χ1n) is 7.33. The Bertz CT molecular complexity index is 586. The number of carbonyl (C=O) groups excluding carboxylic acids is 1. The average molecular weight is 320 g/mol. The molecule has 0 spiro atoms. The third-order valence-electron chi connectivity index (χ3n) is 3.89. The van der Waals surface area contributed by atoms with Gasteiger partial charge in [0.15, 0.2) is 8.32 Å². The maximum Gasteiger partial charge on any atom is 0.338 e. The van der Waals surface area contributed by atoms with Crippen molar-refractivity contribution < 1.29 is 14.0 Å². The molecule has 0 aliphatic carbocycles. The lowest BCUT2D eigenvalue weighted by Gasteiger charge is -2.36. The zero-order valence-electron chi connectivity index (χ0n) is 14.2. The summed E-state index contributed by atoms with van der Waals surface area (Å²) in [6.07, 6.45) is 0. The molecule has 0 fully saturated rings. The fourth-order valence-corrected chi connectivity index (χ4v) is 2.46. The average Bonchev–Trinajstić information content (AvgIpc) is 2.44. The molecule has 0 radical (unpaired) electrons. The molecule has 0 amide bonds. The minimum atomic E-state index is -1.91. The highest BCUT2D eigenvalue weighted by atomic mass is 28.4. The van der Waals surface area contributed by atoms with Crippen LogP contribution in [-0.2, 0) is 15.8 Å². The number of nitrogens with zero attached hydrogens (tertiary/aromatic N) is 2. The Hall–Kier alpha value is -1.71. The Morgan fingerprint density at radius 3 is 2.50 bits per heavy atom. The second kappa shape index (κ2) is 7.03. The summed E-state index contributed by atoms with van der Waals surface area (Å²) >= 11 is 0. The lowest BCUT2D eigenvalue weighted by atomic mass is 10.2. The number of rotatable bonds is 5. The van der Waals surface area contributed by atoms with Gasteiger partial charge in [0.2, 0.25) is 0 Å². The molecule has 1 aromatic heterocycles. The lowest BCUT2D eigenvalue weighted by molar-refractivity contribution is 0.0526. The molecular weight excluding hydrogens is 296 g/mol. The predicted octanol–water partition coefficient (Wildman–Crippen LogP) is 3.65. The molecular formula is C16H24N2O3Si. The fourth-order valence-electron chi connectivity index (χ4n) is 1.52. The van der Waals surface area contributed by atoms with Gasteiger partial charge >= 0.3 is 5.97 Å². The van der Waals surface area contributed by atoms with E-state index in [0.29, 0.717) is 24.5 Å². The molecule has 1 heterocycles. The van der Waals surface area contributed by atoms with Crippen molar-refractivity contribution in [2.45, 2.75) is 52.4 Å². The monoisotopic (exact) mass is 320 g/mol. The molecule has 1 rings (SSSR count). The fraction of sp³-hybridized carbons (Fsp3) is 0.562. The highest BCUT2D eigenvalue weighted by Crippen LogP contribution is 2.37. The van der Waals surface area contributed by atoms with Gasteiger partial charge in [-0.15, -0.1) is 0 Å². The highest BCUT2D eigenvalue weighted by Gasteiger charge is 2.37. The molecule has 1 aromatic rings. The molecule has 0 saturated heterocycles. The summed E-state index contributed by atoms with van der Waals surface area (Å²) in [6, 6.07) is 5.04. The smallest absolute Gasteiger partial charge is 0.338 e. The molecule has 5 nitrogen and oxygen atoms in total. The van der Waals surface area contributed by atoms with Crippen LogP contribution in [0.3, 0.4) is 0 Å². The van der Waals surface area contributed by atoms with Crippen molar-refractivity contribution in [2.75, 3.05) is 6.61 Å². The summed E-state index contributed by atoms with van der Waals surface area (Å²) < 4.78 is 11.1. The number of pyridine rings is 1. The molecule has 22 heavy (non-hydrogen) atoms. The van der Waals surface area contributed by atoms with Crippen molar-refractivity contribution >= 4 is 14.3 Å². The van der Waals surface area contributed by atoms with Gasteiger partial charge in [-0.2, -0.15) is 5.26 Å². The third kappa shape index (κ3) is 4.65. The van der Waals surface area contributed by atoms with Crippen LogP contribution in [0, 0.1) is 11.3 Å². The number of hydrogen-bond donors (Lipinski definition) is 0. The SMILES string of the molecule is CCOC(=O)c1cc(C#N)nc(CO[Si](C)(C)C(C)(C)C)c1. The van der Waals surface area contributed by atoms with Crippen LogP contribution >= 0.6 is 0 Å². The third-order valence-corrected chi connectivity index (χ3v) is 8.37. The summed E-state index contributed by atoms with van der Waals surface area (Å²) in [6.45, 7) is 13.1. The summed E-state index contributed by atoms with van der Waals surface area (Å²) in [7, 11) is -1.91. The Balaban J connectivity index is 2.99. The van der Waals surface area contributed by atoms with E-state index in [1.165, 1.54) is 6.07 Å². The standard InChI is InChI=1S/C16H24N2O3Si/c1-7-20-15(19)12-8-13(10-17)18-14(9-12)11-21-22(5,6)16(2,3)4/h8-9H,7,11H2,1-6H3. The molecule has 0 N–H and O–H groups in total. The minimum Gasteiger partial charge on any atom is -0.462 e. The van der Waals surface area contributed by atoms with Crippen LogP contribution in [0.5, 0.6) is 0 Å². The Morgan fingerprint density at radius 2 is 2.00 bits per heavy atom. The van der Waals surface area contributed by atoms with Gasteiger partial charge in [0, 0.05) is 0 Å². The number of hydrogen-bond acceptors (Lipinski definition) is 5. The van der Waals surface area contributed by atoms with E-state index in [-0.39, 0.29) is 10.7 Å². The maximum atomic E-state index is 11.8. The number of esters is 1. The molecule has 0 aromatic carbocycles. The summed E-state index contributed by atoms with van der Waals surface area (Å²) in [5.74, 6) is -0.449. The van der Waals surface area contributed by atoms with Crippen LogP contribution in [-0.4, -0.2) is 25.9 Å². The topological polar surface area (TPSA) is 72.2 Å². The molecule has 0 saturated carbocycles. The second-order valence-corrected chi connectivity index (χ2v) is 11.4. The van der Waals surface area contributed by atoms with Crippen molar-refractivity contribution in [1.29, 1.82) is 5.26 Å². The highest BCUT2D eigenvalue weighted by molar-refractivity contribution is 6.74. The van der Waals surface area contributed by atoms with Gasteiger partial charge in [0.25, 0.3) is 0 Å². The normalized spacial score (nSPS) is 11.9. The van der Waals surface area contributed by atoms with Gasteiger partial charge in [-0.05, 0) is 37.2 Å². The van der Waals surface area contributed by atoms with Crippen molar-refractivity contribution in [3.8, 4) is 6.07 Å². The zero-order valence-corrected chi connectivity index (χ0v) is 15.2. The molecule has 0 atom stereocenters. The Kier molecular flexibility index (Phi) is 5.86. The summed E-state index contributed by atoms with van der Waals surface area (Å²) in [5.41, 5.74) is 1.11. The van der Waals surface area contributed by atoms with E-state index < -0.39 is 14.3 Å². The van der Waals surface area contributed by atoms with Gasteiger partial charge in [-0.1, -0.05) is 20.8 Å². The number of ether oxygens (including phenoxy) is 1. The van der Waals surface area contributed by atoms with Crippen LogP contribution in [0.25, 0.3) is 0 Å². The van der Waals surface area contributed by atoms with E-state index in [2.05, 4.69) is 38.8 Å². The maximum absolute atomic E-state index is 11.8. The lowest BCUT2D eigenvalue weighted by Crippen LogP contribution is -2.40. The van der Waals surface area contributed by atoms with E-state index in [0.717, 1.165) is 0 Å². The van der Waals surface area contributed by atoms with E-state index in [1.54, 1.807) is 13.0 Å². The van der Waals surface area contributed by atoms with E-state index in [4.69, 9.17) is 14.4 Å². The molecule has 0 aliphatic heterocycles. The number of aromatic nitrogens is 1. The number of carbonyl (C=O) groups is 1. The van der Waals surface area contributed by atoms with Gasteiger partial charge in [-0.25, -0.2) is 9.78 Å². The zero-order chi connectivity index (χ0) is 17.0. The van der Waals surface area contributed by atoms with Gasteiger partial charge in [0.1, 0.15) is 11.8 Å². The first-order valence-corrected chi connectivity index (χ1v) is 10.2. The van der Waals surface area contributed by atoms with Crippen molar-refractivity contribution in [1.82, 2.24) is 4.98 Å². The quantitative estimate of drug-likeness (QED) is 0.611. The van der Waals surface area contributed by atoms with Gasteiger partial charge in [-0.3, -0.25) is 0 Å². The van der Waals surface area contributed by atoms with Gasteiger partial charge < -0.3 is 9.16 Å². The predicted molar refractivity (Wildman–Crippen MR) is 86.9 cm³/mol. The second-order valence-electron chi connectivity index (χ2n) is 6.61.